The topological polar surface area (TPSA) is 41.1 Å². The maximum absolute atomic E-state index is 12.3. The molecule has 0 aliphatic carbocycles. The summed E-state index contributed by atoms with van der Waals surface area (Å²) in [5.41, 5.74) is 1.70. The maximum Gasteiger partial charge on any atom is 0.257 e. The van der Waals surface area contributed by atoms with Crippen LogP contribution in [0.25, 0.3) is 0 Å². The van der Waals surface area contributed by atoms with Gasteiger partial charge in [-0.2, -0.15) is 0 Å². The van der Waals surface area contributed by atoms with E-state index in [4.69, 9.17) is 34.8 Å². The third-order valence-corrected chi connectivity index (χ3v) is 3.65. The molecule has 0 aromatic heterocycles. The number of hydrogen-bond acceptors (Lipinski definition) is 2. The van der Waals surface area contributed by atoms with Gasteiger partial charge < -0.3 is 10.6 Å². The number of carbonyl (C=O) groups is 1. The molecule has 2 aromatic carbocycles. The fourth-order valence-corrected chi connectivity index (χ4v) is 2.16. The predicted molar refractivity (Wildman–Crippen MR) is 85.4 cm³/mol. The van der Waals surface area contributed by atoms with Crippen LogP contribution in [0, 0.1) is 0 Å². The lowest BCUT2D eigenvalue weighted by Gasteiger charge is -2.11. The minimum absolute atomic E-state index is 0.282. The van der Waals surface area contributed by atoms with Crippen molar-refractivity contribution in [1.82, 2.24) is 0 Å². The molecule has 20 heavy (non-hydrogen) atoms. The van der Waals surface area contributed by atoms with Gasteiger partial charge in [0.2, 0.25) is 0 Å². The molecule has 0 saturated heterocycles. The van der Waals surface area contributed by atoms with E-state index in [1.54, 1.807) is 43.4 Å². The summed E-state index contributed by atoms with van der Waals surface area (Å²) in [4.78, 5) is 12.3. The van der Waals surface area contributed by atoms with Crippen molar-refractivity contribution < 1.29 is 4.79 Å². The van der Waals surface area contributed by atoms with Crippen LogP contribution in [-0.4, -0.2) is 13.0 Å². The Morgan fingerprint density at radius 1 is 1.00 bits per heavy atom. The van der Waals surface area contributed by atoms with Crippen molar-refractivity contribution in [2.75, 3.05) is 17.7 Å². The van der Waals surface area contributed by atoms with Crippen molar-refractivity contribution in [3.63, 3.8) is 0 Å². The van der Waals surface area contributed by atoms with Gasteiger partial charge in [-0.3, -0.25) is 4.79 Å². The van der Waals surface area contributed by atoms with Gasteiger partial charge in [-0.25, -0.2) is 0 Å². The highest BCUT2D eigenvalue weighted by Gasteiger charge is 2.12. The maximum atomic E-state index is 12.3. The Hall–Kier alpha value is -1.42. The number of hydrogen-bond donors (Lipinski definition) is 2. The van der Waals surface area contributed by atoms with Crippen LogP contribution in [0.15, 0.2) is 36.4 Å². The highest BCUT2D eigenvalue weighted by atomic mass is 35.5. The standard InChI is InChI=1S/C14H11Cl3N2O/c1-18-13-5-2-8(15)6-10(13)14(20)19-9-3-4-11(16)12(17)7-9/h2-7,18H,1H3,(H,19,20). The van der Waals surface area contributed by atoms with Crippen LogP contribution in [0.2, 0.25) is 15.1 Å². The first-order chi connectivity index (χ1) is 9.51. The Kier molecular flexibility index (Phi) is 4.76. The lowest BCUT2D eigenvalue weighted by atomic mass is 10.1. The quantitative estimate of drug-likeness (QED) is 0.837. The summed E-state index contributed by atoms with van der Waals surface area (Å²) in [6.07, 6.45) is 0. The van der Waals surface area contributed by atoms with Crippen molar-refractivity contribution in [2.24, 2.45) is 0 Å². The Balaban J connectivity index is 2.27. The Morgan fingerprint density at radius 3 is 2.40 bits per heavy atom. The molecule has 0 saturated carbocycles. The highest BCUT2D eigenvalue weighted by Crippen LogP contribution is 2.26. The largest absolute Gasteiger partial charge is 0.387 e. The number of nitrogens with one attached hydrogen (secondary N) is 2. The van der Waals surface area contributed by atoms with E-state index in [-0.39, 0.29) is 5.91 Å². The molecule has 0 bridgehead atoms. The van der Waals surface area contributed by atoms with E-state index in [2.05, 4.69) is 10.6 Å². The van der Waals surface area contributed by atoms with Crippen molar-refractivity contribution >= 4 is 52.1 Å². The molecule has 0 radical (unpaired) electrons. The van der Waals surface area contributed by atoms with Gasteiger partial charge in [0.15, 0.2) is 0 Å². The van der Waals surface area contributed by atoms with Gasteiger partial charge in [-0.15, -0.1) is 0 Å². The minimum Gasteiger partial charge on any atom is -0.387 e. The summed E-state index contributed by atoms with van der Waals surface area (Å²) in [6, 6.07) is 9.94. The molecule has 2 rings (SSSR count). The van der Waals surface area contributed by atoms with E-state index in [1.165, 1.54) is 0 Å². The van der Waals surface area contributed by atoms with Crippen LogP contribution < -0.4 is 10.6 Å². The number of benzene rings is 2. The second-order valence-electron chi connectivity index (χ2n) is 4.02. The molecule has 0 aliphatic rings. The van der Waals surface area contributed by atoms with E-state index < -0.39 is 0 Å². The first kappa shape index (κ1) is 15.0. The molecule has 0 spiro atoms. The fraction of sp³-hybridized carbons (Fsp3) is 0.0714. The summed E-state index contributed by atoms with van der Waals surface area (Å²) in [7, 11) is 1.74. The zero-order chi connectivity index (χ0) is 14.7. The van der Waals surface area contributed by atoms with E-state index >= 15 is 0 Å². The molecule has 0 aliphatic heterocycles. The Labute approximate surface area is 131 Å². The second-order valence-corrected chi connectivity index (χ2v) is 5.27. The molecule has 0 heterocycles. The zero-order valence-electron chi connectivity index (χ0n) is 10.5. The van der Waals surface area contributed by atoms with Gasteiger partial charge >= 0.3 is 0 Å². The molecule has 104 valence electrons. The van der Waals surface area contributed by atoms with E-state index in [0.29, 0.717) is 32.0 Å². The smallest absolute Gasteiger partial charge is 0.257 e. The Bertz CT molecular complexity index is 659. The molecule has 0 atom stereocenters. The van der Waals surface area contributed by atoms with Crippen LogP contribution in [0.4, 0.5) is 11.4 Å². The second kappa shape index (κ2) is 6.35. The van der Waals surface area contributed by atoms with Crippen LogP contribution in [-0.2, 0) is 0 Å². The molecule has 6 heteroatoms. The molecule has 2 aromatic rings. The minimum atomic E-state index is -0.282. The number of carbonyl (C=O) groups excluding carboxylic acids is 1. The summed E-state index contributed by atoms with van der Waals surface area (Å²) in [5.74, 6) is -0.282. The van der Waals surface area contributed by atoms with Crippen LogP contribution in [0.1, 0.15) is 10.4 Å². The third-order valence-electron chi connectivity index (χ3n) is 2.67. The summed E-state index contributed by atoms with van der Waals surface area (Å²) >= 11 is 17.7. The number of rotatable bonds is 3. The monoisotopic (exact) mass is 328 g/mol. The molecular formula is C14H11Cl3N2O. The number of amides is 1. The lowest BCUT2D eigenvalue weighted by molar-refractivity contribution is 0.102. The van der Waals surface area contributed by atoms with Crippen molar-refractivity contribution in [3.05, 3.63) is 57.0 Å². The van der Waals surface area contributed by atoms with Gasteiger partial charge in [0.25, 0.3) is 5.91 Å². The average molecular weight is 330 g/mol. The molecular weight excluding hydrogens is 319 g/mol. The van der Waals surface area contributed by atoms with Crippen molar-refractivity contribution in [1.29, 1.82) is 0 Å². The third kappa shape index (κ3) is 3.37. The molecule has 0 unspecified atom stereocenters. The van der Waals surface area contributed by atoms with Gasteiger partial charge in [-0.05, 0) is 36.4 Å². The lowest BCUT2D eigenvalue weighted by Crippen LogP contribution is -2.14. The molecule has 2 N–H and O–H groups in total. The summed E-state index contributed by atoms with van der Waals surface area (Å²) < 4.78 is 0. The van der Waals surface area contributed by atoms with Crippen LogP contribution >= 0.6 is 34.8 Å². The summed E-state index contributed by atoms with van der Waals surface area (Å²) in [6.45, 7) is 0. The van der Waals surface area contributed by atoms with Crippen molar-refractivity contribution in [3.8, 4) is 0 Å². The van der Waals surface area contributed by atoms with Gasteiger partial charge in [0.05, 0.1) is 15.6 Å². The number of anilines is 2. The van der Waals surface area contributed by atoms with E-state index in [0.717, 1.165) is 0 Å². The van der Waals surface area contributed by atoms with Gasteiger partial charge in [0.1, 0.15) is 0 Å². The van der Waals surface area contributed by atoms with E-state index in [1.807, 2.05) is 0 Å². The van der Waals surface area contributed by atoms with Crippen LogP contribution in [0.5, 0.6) is 0 Å². The summed E-state index contributed by atoms with van der Waals surface area (Å²) in [5, 5.41) is 6.99. The number of halogens is 3. The average Bonchev–Trinajstić information content (AvgIpc) is 2.43. The first-order valence-corrected chi connectivity index (χ1v) is 6.88. The SMILES string of the molecule is CNc1ccc(Cl)cc1C(=O)Nc1ccc(Cl)c(Cl)c1. The Morgan fingerprint density at radius 2 is 1.75 bits per heavy atom. The molecule has 1 amide bonds. The zero-order valence-corrected chi connectivity index (χ0v) is 12.8. The van der Waals surface area contributed by atoms with E-state index in [9.17, 15) is 4.79 Å². The van der Waals surface area contributed by atoms with Gasteiger partial charge in [0, 0.05) is 23.4 Å². The first-order valence-electron chi connectivity index (χ1n) is 5.75. The molecule has 0 fully saturated rings. The highest BCUT2D eigenvalue weighted by molar-refractivity contribution is 6.42. The fourth-order valence-electron chi connectivity index (χ4n) is 1.69. The molecule has 3 nitrogen and oxygen atoms in total. The van der Waals surface area contributed by atoms with Crippen molar-refractivity contribution in [2.45, 2.75) is 0 Å². The van der Waals surface area contributed by atoms with Crippen LogP contribution in [0.3, 0.4) is 0 Å². The predicted octanol–water partition coefficient (Wildman–Crippen LogP) is 4.94. The normalized spacial score (nSPS) is 10.2. The van der Waals surface area contributed by atoms with Gasteiger partial charge in [-0.1, -0.05) is 34.8 Å².